The topological polar surface area (TPSA) is 20.3 Å². The molecule has 2 aromatic carbocycles. The van der Waals surface area contributed by atoms with Crippen LogP contribution in [0, 0.1) is 5.82 Å². The van der Waals surface area contributed by atoms with E-state index in [1.807, 2.05) is 0 Å². The molecule has 20 heavy (non-hydrogen) atoms. The minimum Gasteiger partial charge on any atom is -0.337 e. The molecule has 0 fully saturated rings. The zero-order valence-electron chi connectivity index (χ0n) is 10.7. The van der Waals surface area contributed by atoms with Gasteiger partial charge in [0, 0.05) is 23.6 Å². The number of carbonyl (C=O) groups excluding carboxylic acids is 1. The molecular formula is C15H12BrClFNO. The van der Waals surface area contributed by atoms with Crippen LogP contribution in [-0.2, 0) is 6.54 Å². The normalized spacial score (nSPS) is 10.4. The summed E-state index contributed by atoms with van der Waals surface area (Å²) >= 11 is 9.26. The molecule has 0 atom stereocenters. The van der Waals surface area contributed by atoms with Crippen LogP contribution in [0.2, 0.25) is 5.02 Å². The summed E-state index contributed by atoms with van der Waals surface area (Å²) < 4.78 is 13.9. The van der Waals surface area contributed by atoms with Gasteiger partial charge in [-0.3, -0.25) is 4.79 Å². The van der Waals surface area contributed by atoms with Crippen molar-refractivity contribution in [1.82, 2.24) is 4.90 Å². The lowest BCUT2D eigenvalue weighted by Gasteiger charge is -2.17. The Balaban J connectivity index is 2.14. The average molecular weight is 357 g/mol. The third-order valence-corrected chi connectivity index (χ3v) is 4.05. The Hall–Kier alpha value is -1.39. The SMILES string of the molecule is CN(Cc1cccc(F)c1)C(=O)c1ccc(Br)c(Cl)c1. The molecule has 5 heteroatoms. The van der Waals surface area contributed by atoms with E-state index in [0.717, 1.165) is 10.0 Å². The molecule has 1 amide bonds. The van der Waals surface area contributed by atoms with Crippen LogP contribution in [-0.4, -0.2) is 17.9 Å². The van der Waals surface area contributed by atoms with Crippen LogP contribution in [0.5, 0.6) is 0 Å². The van der Waals surface area contributed by atoms with Gasteiger partial charge >= 0.3 is 0 Å². The number of benzene rings is 2. The van der Waals surface area contributed by atoms with Gasteiger partial charge in [0.05, 0.1) is 5.02 Å². The van der Waals surface area contributed by atoms with Crippen LogP contribution in [0.4, 0.5) is 4.39 Å². The smallest absolute Gasteiger partial charge is 0.253 e. The molecule has 0 saturated heterocycles. The molecule has 0 heterocycles. The van der Waals surface area contributed by atoms with Crippen molar-refractivity contribution in [1.29, 1.82) is 0 Å². The quantitative estimate of drug-likeness (QED) is 0.792. The van der Waals surface area contributed by atoms with E-state index in [1.165, 1.54) is 17.0 Å². The molecule has 0 aromatic heterocycles. The number of amides is 1. The summed E-state index contributed by atoms with van der Waals surface area (Å²) in [5.74, 6) is -0.473. The summed E-state index contributed by atoms with van der Waals surface area (Å²) in [6.07, 6.45) is 0. The van der Waals surface area contributed by atoms with Gasteiger partial charge in [-0.25, -0.2) is 4.39 Å². The fourth-order valence-corrected chi connectivity index (χ4v) is 2.26. The van der Waals surface area contributed by atoms with Crippen LogP contribution in [0.25, 0.3) is 0 Å². The monoisotopic (exact) mass is 355 g/mol. The number of halogens is 3. The van der Waals surface area contributed by atoms with Gasteiger partial charge < -0.3 is 4.90 Å². The van der Waals surface area contributed by atoms with Crippen molar-refractivity contribution in [3.05, 3.63) is 68.9 Å². The second kappa shape index (κ2) is 6.37. The van der Waals surface area contributed by atoms with E-state index in [4.69, 9.17) is 11.6 Å². The zero-order chi connectivity index (χ0) is 14.7. The van der Waals surface area contributed by atoms with E-state index in [2.05, 4.69) is 15.9 Å². The van der Waals surface area contributed by atoms with Crippen molar-refractivity contribution in [2.75, 3.05) is 7.05 Å². The molecule has 0 spiro atoms. The van der Waals surface area contributed by atoms with Crippen molar-refractivity contribution in [3.63, 3.8) is 0 Å². The zero-order valence-corrected chi connectivity index (χ0v) is 13.1. The summed E-state index contributed by atoms with van der Waals surface area (Å²) in [6, 6.07) is 11.2. The number of hydrogen-bond acceptors (Lipinski definition) is 1. The first kappa shape index (κ1) is 15.0. The number of hydrogen-bond donors (Lipinski definition) is 0. The number of carbonyl (C=O) groups is 1. The van der Waals surface area contributed by atoms with Gasteiger partial charge in [-0.1, -0.05) is 23.7 Å². The predicted octanol–water partition coefficient (Wildman–Crippen LogP) is 4.51. The highest BCUT2D eigenvalue weighted by Crippen LogP contribution is 2.24. The van der Waals surface area contributed by atoms with Gasteiger partial charge in [0.15, 0.2) is 0 Å². The minimum absolute atomic E-state index is 0.163. The maximum Gasteiger partial charge on any atom is 0.253 e. The van der Waals surface area contributed by atoms with Crippen molar-refractivity contribution in [2.45, 2.75) is 6.54 Å². The Bertz CT molecular complexity index is 648. The molecular weight excluding hydrogens is 345 g/mol. The van der Waals surface area contributed by atoms with Crippen LogP contribution in [0.3, 0.4) is 0 Å². The predicted molar refractivity (Wildman–Crippen MR) is 81.3 cm³/mol. The maximum absolute atomic E-state index is 13.1. The van der Waals surface area contributed by atoms with E-state index in [9.17, 15) is 9.18 Å². The summed E-state index contributed by atoms with van der Waals surface area (Å²) in [6.45, 7) is 0.338. The lowest BCUT2D eigenvalue weighted by Crippen LogP contribution is -2.26. The number of nitrogens with zero attached hydrogens (tertiary/aromatic N) is 1. The third kappa shape index (κ3) is 3.58. The molecule has 2 rings (SSSR count). The second-order valence-corrected chi connectivity index (χ2v) is 5.68. The Kier molecular flexibility index (Phi) is 4.78. The van der Waals surface area contributed by atoms with Crippen molar-refractivity contribution in [2.24, 2.45) is 0 Å². The van der Waals surface area contributed by atoms with Crippen LogP contribution >= 0.6 is 27.5 Å². The highest BCUT2D eigenvalue weighted by Gasteiger charge is 2.13. The lowest BCUT2D eigenvalue weighted by atomic mass is 10.1. The molecule has 0 aliphatic heterocycles. The van der Waals surface area contributed by atoms with Crippen LogP contribution in [0.1, 0.15) is 15.9 Å². The molecule has 0 aliphatic carbocycles. The van der Waals surface area contributed by atoms with Gasteiger partial charge in [0.2, 0.25) is 0 Å². The largest absolute Gasteiger partial charge is 0.337 e. The molecule has 0 unspecified atom stereocenters. The molecule has 0 aliphatic rings. The van der Waals surface area contributed by atoms with Gasteiger partial charge in [-0.15, -0.1) is 0 Å². The Morgan fingerprint density at radius 1 is 1.30 bits per heavy atom. The summed E-state index contributed by atoms with van der Waals surface area (Å²) in [5, 5.41) is 0.481. The molecule has 0 bridgehead atoms. The minimum atomic E-state index is -0.310. The molecule has 0 saturated carbocycles. The molecule has 2 nitrogen and oxygen atoms in total. The summed E-state index contributed by atoms with van der Waals surface area (Å²) in [4.78, 5) is 13.8. The standard InChI is InChI=1S/C15H12BrClFNO/c1-19(9-10-3-2-4-12(18)7-10)15(20)11-5-6-13(16)14(17)8-11/h2-8H,9H2,1H3. The number of rotatable bonds is 3. The average Bonchev–Trinajstić information content (AvgIpc) is 2.41. The van der Waals surface area contributed by atoms with Crippen LogP contribution in [0.15, 0.2) is 46.9 Å². The first-order valence-electron chi connectivity index (χ1n) is 5.92. The molecule has 2 aromatic rings. The third-order valence-electron chi connectivity index (χ3n) is 2.82. The first-order chi connectivity index (χ1) is 9.47. The van der Waals surface area contributed by atoms with Crippen molar-refractivity contribution < 1.29 is 9.18 Å². The second-order valence-electron chi connectivity index (χ2n) is 4.42. The van der Waals surface area contributed by atoms with Crippen molar-refractivity contribution in [3.8, 4) is 0 Å². The van der Waals surface area contributed by atoms with Gasteiger partial charge in [-0.05, 0) is 51.8 Å². The van der Waals surface area contributed by atoms with Crippen molar-refractivity contribution >= 4 is 33.4 Å². The van der Waals surface area contributed by atoms with Gasteiger partial charge in [0.25, 0.3) is 5.91 Å². The molecule has 0 N–H and O–H groups in total. The Morgan fingerprint density at radius 2 is 2.05 bits per heavy atom. The fourth-order valence-electron chi connectivity index (χ4n) is 1.83. The van der Waals surface area contributed by atoms with E-state index in [-0.39, 0.29) is 11.7 Å². The van der Waals surface area contributed by atoms with E-state index >= 15 is 0 Å². The summed E-state index contributed by atoms with van der Waals surface area (Å²) in [7, 11) is 1.67. The van der Waals surface area contributed by atoms with E-state index < -0.39 is 0 Å². The first-order valence-corrected chi connectivity index (χ1v) is 7.09. The Labute approximate surface area is 130 Å². The Morgan fingerprint density at radius 3 is 2.70 bits per heavy atom. The maximum atomic E-state index is 13.1. The van der Waals surface area contributed by atoms with Crippen LogP contribution < -0.4 is 0 Å². The van der Waals surface area contributed by atoms with Gasteiger partial charge in [0.1, 0.15) is 5.82 Å². The summed E-state index contributed by atoms with van der Waals surface area (Å²) in [5.41, 5.74) is 1.24. The van der Waals surface area contributed by atoms with E-state index in [1.54, 1.807) is 37.4 Å². The highest BCUT2D eigenvalue weighted by atomic mass is 79.9. The van der Waals surface area contributed by atoms with Gasteiger partial charge in [-0.2, -0.15) is 0 Å². The molecule has 104 valence electrons. The fraction of sp³-hybridized carbons (Fsp3) is 0.133. The molecule has 0 radical (unpaired) electrons. The highest BCUT2D eigenvalue weighted by molar-refractivity contribution is 9.10. The lowest BCUT2D eigenvalue weighted by molar-refractivity contribution is 0.0785. The van der Waals surface area contributed by atoms with E-state index in [0.29, 0.717) is 17.1 Å².